The lowest BCUT2D eigenvalue weighted by Crippen LogP contribution is -2.50. The molecule has 2 aromatic carbocycles. The topological polar surface area (TPSA) is 246 Å². The van der Waals surface area contributed by atoms with Crippen LogP contribution in [0.2, 0.25) is 0 Å². The third-order valence-electron chi connectivity index (χ3n) is 5.74. The van der Waals surface area contributed by atoms with Crippen LogP contribution in [0.5, 0.6) is 0 Å². The van der Waals surface area contributed by atoms with E-state index in [1.807, 2.05) is 0 Å². The van der Waals surface area contributed by atoms with Crippen molar-refractivity contribution in [1.82, 2.24) is 16.0 Å². The summed E-state index contributed by atoms with van der Waals surface area (Å²) in [5, 5.41) is 38.9. The number of aliphatic carboxylic acids is 1. The number of hydrogen-bond acceptors (Lipinski definition) is 12. The van der Waals surface area contributed by atoms with Gasteiger partial charge < -0.3 is 30.5 Å². The summed E-state index contributed by atoms with van der Waals surface area (Å²) in [6.07, 6.45) is -1.35. The van der Waals surface area contributed by atoms with E-state index < -0.39 is 76.1 Å². The standard InChI is InChI=1S/C27H31N5O12S/c1-2-12-43-24(34)14-28-25(35)20(16-45-22-10-8-18(31(39)40)13-21(22)32(41)42)29-23(33)11-9-19(26(36)37)30-27(38)44-15-17-6-4-3-5-7-17/h3-8,10,13,19-20H,2,9,11-12,14-16H2,1H3,(H,28,35)(H,29,33)(H,30,38)(H,36,37)/t19-,20-/m0/s1. The van der Waals surface area contributed by atoms with E-state index in [1.165, 1.54) is 0 Å². The van der Waals surface area contributed by atoms with Gasteiger partial charge in [-0.1, -0.05) is 37.3 Å². The molecule has 45 heavy (non-hydrogen) atoms. The molecular weight excluding hydrogens is 618 g/mol. The zero-order valence-corrected chi connectivity index (χ0v) is 24.8. The van der Waals surface area contributed by atoms with Crippen molar-refractivity contribution < 1.29 is 48.4 Å². The van der Waals surface area contributed by atoms with Gasteiger partial charge in [0.1, 0.15) is 25.2 Å². The highest BCUT2D eigenvalue weighted by Gasteiger charge is 2.27. The number of benzene rings is 2. The zero-order valence-electron chi connectivity index (χ0n) is 24.0. The lowest BCUT2D eigenvalue weighted by molar-refractivity contribution is -0.396. The molecule has 0 aliphatic rings. The maximum Gasteiger partial charge on any atom is 0.408 e. The van der Waals surface area contributed by atoms with Gasteiger partial charge in [0, 0.05) is 18.2 Å². The van der Waals surface area contributed by atoms with E-state index in [0.29, 0.717) is 12.0 Å². The number of carbonyl (C=O) groups is 5. The molecule has 4 N–H and O–H groups in total. The van der Waals surface area contributed by atoms with Gasteiger partial charge in [-0.05, 0) is 24.5 Å². The van der Waals surface area contributed by atoms with Crippen LogP contribution in [-0.4, -0.2) is 75.8 Å². The van der Waals surface area contributed by atoms with E-state index in [4.69, 9.17) is 9.47 Å². The summed E-state index contributed by atoms with van der Waals surface area (Å²) in [6.45, 7) is 1.23. The number of amides is 3. The Kier molecular flexibility index (Phi) is 14.7. The molecule has 17 nitrogen and oxygen atoms in total. The summed E-state index contributed by atoms with van der Waals surface area (Å²) in [5.41, 5.74) is -0.457. The van der Waals surface area contributed by atoms with Crippen LogP contribution in [0.3, 0.4) is 0 Å². The molecule has 2 atom stereocenters. The average molecular weight is 650 g/mol. The van der Waals surface area contributed by atoms with Gasteiger partial charge in [-0.3, -0.25) is 34.6 Å². The summed E-state index contributed by atoms with van der Waals surface area (Å²) in [7, 11) is 0. The second-order valence-corrected chi connectivity index (χ2v) is 10.2. The predicted octanol–water partition coefficient (Wildman–Crippen LogP) is 2.31. The zero-order chi connectivity index (χ0) is 33.4. The van der Waals surface area contributed by atoms with E-state index in [9.17, 15) is 49.3 Å². The van der Waals surface area contributed by atoms with Crippen LogP contribution < -0.4 is 16.0 Å². The molecule has 0 aromatic heterocycles. The lowest BCUT2D eigenvalue weighted by Gasteiger charge is -2.19. The maximum absolute atomic E-state index is 12.9. The minimum absolute atomic E-state index is 0.0378. The second kappa shape index (κ2) is 18.4. The van der Waals surface area contributed by atoms with E-state index in [2.05, 4.69) is 16.0 Å². The molecule has 0 aliphatic heterocycles. The van der Waals surface area contributed by atoms with Crippen molar-refractivity contribution >= 4 is 53.0 Å². The van der Waals surface area contributed by atoms with Crippen molar-refractivity contribution in [3.8, 4) is 0 Å². The first-order chi connectivity index (χ1) is 21.4. The van der Waals surface area contributed by atoms with Crippen LogP contribution in [0.15, 0.2) is 53.4 Å². The van der Waals surface area contributed by atoms with E-state index in [1.54, 1.807) is 37.3 Å². The lowest BCUT2D eigenvalue weighted by atomic mass is 10.1. The number of nitrogens with one attached hydrogen (secondary N) is 3. The fourth-order valence-electron chi connectivity index (χ4n) is 3.50. The number of nitro benzene ring substituents is 2. The number of ether oxygens (including phenoxy) is 2. The van der Waals surface area contributed by atoms with E-state index >= 15 is 0 Å². The van der Waals surface area contributed by atoms with Crippen molar-refractivity contribution in [1.29, 1.82) is 0 Å². The first-order valence-corrected chi connectivity index (χ1v) is 14.4. The largest absolute Gasteiger partial charge is 0.480 e. The monoisotopic (exact) mass is 649 g/mol. The molecule has 0 unspecified atom stereocenters. The number of nitrogens with zero attached hydrogens (tertiary/aromatic N) is 2. The molecule has 2 rings (SSSR count). The van der Waals surface area contributed by atoms with Crippen molar-refractivity contribution in [3.05, 3.63) is 74.3 Å². The highest BCUT2D eigenvalue weighted by Crippen LogP contribution is 2.32. The molecule has 2 aromatic rings. The molecular formula is C27H31N5O12S. The van der Waals surface area contributed by atoms with Crippen LogP contribution in [0.1, 0.15) is 31.7 Å². The molecule has 242 valence electrons. The van der Waals surface area contributed by atoms with Crippen molar-refractivity contribution in [3.63, 3.8) is 0 Å². The minimum Gasteiger partial charge on any atom is -0.480 e. The summed E-state index contributed by atoms with van der Waals surface area (Å²) in [6, 6.07) is 8.64. The Morgan fingerprint density at radius 3 is 2.29 bits per heavy atom. The number of carboxylic acids is 1. The van der Waals surface area contributed by atoms with Crippen LogP contribution in [0.25, 0.3) is 0 Å². The third kappa shape index (κ3) is 12.9. The second-order valence-electron chi connectivity index (χ2n) is 9.17. The quantitative estimate of drug-likeness (QED) is 0.0784. The van der Waals surface area contributed by atoms with Gasteiger partial charge in [0.2, 0.25) is 11.8 Å². The van der Waals surface area contributed by atoms with Crippen LogP contribution in [-0.2, 0) is 35.3 Å². The molecule has 0 heterocycles. The highest BCUT2D eigenvalue weighted by molar-refractivity contribution is 7.99. The summed E-state index contributed by atoms with van der Waals surface area (Å²) < 4.78 is 9.90. The number of esters is 1. The van der Waals surface area contributed by atoms with Gasteiger partial charge in [0.05, 0.1) is 27.4 Å². The molecule has 0 aliphatic carbocycles. The highest BCUT2D eigenvalue weighted by atomic mass is 32.2. The number of non-ortho nitro benzene ring substituents is 1. The third-order valence-corrected chi connectivity index (χ3v) is 6.90. The molecule has 0 spiro atoms. The van der Waals surface area contributed by atoms with Crippen molar-refractivity contribution in [2.24, 2.45) is 0 Å². The van der Waals surface area contributed by atoms with Crippen molar-refractivity contribution in [2.45, 2.75) is 49.8 Å². The Labute approximate surface area is 260 Å². The Hall–Kier alpha value is -5.26. The normalized spacial score (nSPS) is 11.8. The summed E-state index contributed by atoms with van der Waals surface area (Å²) >= 11 is 0.740. The molecule has 0 saturated carbocycles. The number of hydrogen-bond donors (Lipinski definition) is 4. The Balaban J connectivity index is 2.07. The van der Waals surface area contributed by atoms with E-state index in [0.717, 1.165) is 30.0 Å². The number of rotatable bonds is 18. The fourth-order valence-corrected chi connectivity index (χ4v) is 4.52. The first-order valence-electron chi connectivity index (χ1n) is 13.4. The number of carboxylic acid groups (broad SMARTS) is 1. The van der Waals surface area contributed by atoms with Crippen LogP contribution in [0.4, 0.5) is 16.2 Å². The molecule has 0 fully saturated rings. The molecule has 18 heteroatoms. The van der Waals surface area contributed by atoms with Crippen molar-refractivity contribution in [2.75, 3.05) is 18.9 Å². The first kappa shape index (κ1) is 35.9. The van der Waals surface area contributed by atoms with Gasteiger partial charge in [0.15, 0.2) is 0 Å². The van der Waals surface area contributed by atoms with Crippen LogP contribution in [0, 0.1) is 20.2 Å². The van der Waals surface area contributed by atoms with Gasteiger partial charge in [0.25, 0.3) is 11.4 Å². The Bertz CT molecular complexity index is 1390. The molecule has 0 radical (unpaired) electrons. The van der Waals surface area contributed by atoms with E-state index in [-0.39, 0.29) is 30.3 Å². The number of nitro groups is 2. The minimum atomic E-state index is -1.52. The molecule has 0 saturated heterocycles. The predicted molar refractivity (Wildman–Crippen MR) is 157 cm³/mol. The number of alkyl carbamates (subject to hydrolysis) is 1. The molecule has 0 bridgehead atoms. The van der Waals surface area contributed by atoms with Gasteiger partial charge >= 0.3 is 18.0 Å². The fraction of sp³-hybridized carbons (Fsp3) is 0.370. The van der Waals surface area contributed by atoms with Crippen LogP contribution >= 0.6 is 11.8 Å². The smallest absolute Gasteiger partial charge is 0.408 e. The van der Waals surface area contributed by atoms with Gasteiger partial charge in [-0.25, -0.2) is 9.59 Å². The van der Waals surface area contributed by atoms with Gasteiger partial charge in [-0.2, -0.15) is 0 Å². The Morgan fingerprint density at radius 2 is 1.67 bits per heavy atom. The molecule has 3 amide bonds. The van der Waals surface area contributed by atoms with Gasteiger partial charge in [-0.15, -0.1) is 11.8 Å². The summed E-state index contributed by atoms with van der Waals surface area (Å²) in [5.74, 6) is -4.17. The average Bonchev–Trinajstić information content (AvgIpc) is 3.01. The number of thioether (sulfide) groups is 1. The number of carbonyl (C=O) groups excluding carboxylic acids is 4. The SMILES string of the molecule is CCCOC(=O)CNC(=O)[C@H](CSc1ccc([N+](=O)[O-])cc1[N+](=O)[O-])NC(=O)CC[C@H](NC(=O)OCc1ccccc1)C(=O)O. The maximum atomic E-state index is 12.9. The Morgan fingerprint density at radius 1 is 0.956 bits per heavy atom. The summed E-state index contributed by atoms with van der Waals surface area (Å²) in [4.78, 5) is 82.1.